The number of nitrogens with one attached hydrogen (secondary N) is 1. The Morgan fingerprint density at radius 1 is 1.09 bits per heavy atom. The van der Waals surface area contributed by atoms with Crippen LogP contribution in [0.2, 0.25) is 0 Å². The van der Waals surface area contributed by atoms with Crippen LogP contribution in [0.5, 0.6) is 0 Å². The highest BCUT2D eigenvalue weighted by Crippen LogP contribution is 2.36. The molecule has 8 heteroatoms. The lowest BCUT2D eigenvalue weighted by Gasteiger charge is -2.37. The molecule has 7 nitrogen and oxygen atoms in total. The van der Waals surface area contributed by atoms with Gasteiger partial charge in [0.25, 0.3) is 0 Å². The lowest BCUT2D eigenvalue weighted by Crippen LogP contribution is -2.39. The lowest BCUT2D eigenvalue weighted by molar-refractivity contribution is -0.00237. The van der Waals surface area contributed by atoms with Crippen LogP contribution in [-0.2, 0) is 9.47 Å². The second-order valence-corrected chi connectivity index (χ2v) is 10.7. The molecule has 1 aliphatic carbocycles. The fourth-order valence-electron chi connectivity index (χ4n) is 5.73. The van der Waals surface area contributed by atoms with Crippen molar-refractivity contribution in [1.29, 1.82) is 0 Å². The van der Waals surface area contributed by atoms with E-state index in [-0.39, 0.29) is 12.1 Å². The molecule has 0 unspecified atom stereocenters. The van der Waals surface area contributed by atoms with Crippen molar-refractivity contribution in [2.24, 2.45) is 17.6 Å². The summed E-state index contributed by atoms with van der Waals surface area (Å²) in [6, 6.07) is 10.9. The van der Waals surface area contributed by atoms with Gasteiger partial charge >= 0.3 is 0 Å². The van der Waals surface area contributed by atoms with Gasteiger partial charge in [0.15, 0.2) is 11.6 Å². The lowest BCUT2D eigenvalue weighted by atomic mass is 9.85. The Labute approximate surface area is 215 Å². The van der Waals surface area contributed by atoms with E-state index >= 15 is 0 Å². The molecule has 1 saturated heterocycles. The first-order valence-corrected chi connectivity index (χ1v) is 14.2. The molecule has 4 rings (SSSR count). The second kappa shape index (κ2) is 14.1. The predicted molar refractivity (Wildman–Crippen MR) is 144 cm³/mol. The fourth-order valence-corrected chi connectivity index (χ4v) is 6.26. The van der Waals surface area contributed by atoms with Gasteiger partial charge in [0, 0.05) is 51.9 Å². The van der Waals surface area contributed by atoms with Gasteiger partial charge in [0.1, 0.15) is 0 Å². The Balaban J connectivity index is 1.42. The Bertz CT molecular complexity index is 845. The largest absolute Gasteiger partial charge is 0.385 e. The highest BCUT2D eigenvalue weighted by atomic mass is 32.1. The third-order valence-electron chi connectivity index (χ3n) is 7.54. The summed E-state index contributed by atoms with van der Waals surface area (Å²) in [5.74, 6) is 3.06. The van der Waals surface area contributed by atoms with Crippen LogP contribution in [0.25, 0.3) is 0 Å². The van der Waals surface area contributed by atoms with E-state index in [9.17, 15) is 0 Å². The second-order valence-electron chi connectivity index (χ2n) is 10.1. The minimum Gasteiger partial charge on any atom is -0.385 e. The molecule has 1 aromatic heterocycles. The summed E-state index contributed by atoms with van der Waals surface area (Å²) in [7, 11) is 1.74. The number of methoxy groups -OCH3 is 1. The summed E-state index contributed by atoms with van der Waals surface area (Å²) in [6.45, 7) is 3.97. The van der Waals surface area contributed by atoms with Crippen molar-refractivity contribution < 1.29 is 9.47 Å². The standard InChI is InChI=1S/C27H43N5O2S/c1-33-16-9-17-34-25(22-12-6-3-7-13-22)23-14-8-15-32(20-23)27-26(30-35-31-27)29-24(19-28)18-21-10-4-2-5-11-21/h3,6-7,12-13,21,23-25H,2,4-5,8-11,14-20,28H2,1H3,(H,29,30)/t23-,24+,25+/m1/s1. The van der Waals surface area contributed by atoms with E-state index in [2.05, 4.69) is 44.9 Å². The van der Waals surface area contributed by atoms with Gasteiger partial charge in [0.2, 0.25) is 0 Å². The van der Waals surface area contributed by atoms with Crippen molar-refractivity contribution in [2.75, 3.05) is 50.2 Å². The first-order valence-electron chi connectivity index (χ1n) is 13.5. The van der Waals surface area contributed by atoms with Crippen molar-refractivity contribution in [3.63, 3.8) is 0 Å². The van der Waals surface area contributed by atoms with E-state index in [1.54, 1.807) is 7.11 Å². The van der Waals surface area contributed by atoms with Gasteiger partial charge in [-0.1, -0.05) is 62.4 Å². The topological polar surface area (TPSA) is 85.5 Å². The van der Waals surface area contributed by atoms with E-state index in [0.29, 0.717) is 19.1 Å². The van der Waals surface area contributed by atoms with E-state index in [1.807, 2.05) is 0 Å². The number of hydrogen-bond acceptors (Lipinski definition) is 8. The molecule has 2 fully saturated rings. The maximum atomic E-state index is 6.46. The zero-order valence-electron chi connectivity index (χ0n) is 21.2. The molecule has 1 saturated carbocycles. The van der Waals surface area contributed by atoms with Crippen LogP contribution in [0, 0.1) is 11.8 Å². The maximum Gasteiger partial charge on any atom is 0.186 e. The molecule has 1 aliphatic heterocycles. The summed E-state index contributed by atoms with van der Waals surface area (Å²) in [6.07, 6.45) is 11.1. The molecule has 0 spiro atoms. The Hall–Kier alpha value is -1.74. The fraction of sp³-hybridized carbons (Fsp3) is 0.704. The van der Waals surface area contributed by atoms with E-state index in [1.165, 1.54) is 49.4 Å². The predicted octanol–water partition coefficient (Wildman–Crippen LogP) is 5.26. The number of ether oxygens (including phenoxy) is 2. The molecule has 0 bridgehead atoms. The molecule has 2 aliphatic rings. The van der Waals surface area contributed by atoms with Crippen molar-refractivity contribution in [3.05, 3.63) is 35.9 Å². The zero-order chi connectivity index (χ0) is 24.3. The Kier molecular flexibility index (Phi) is 10.6. The Morgan fingerprint density at radius 3 is 2.69 bits per heavy atom. The molecular formula is C27H43N5O2S. The molecule has 3 N–H and O–H groups in total. The minimum absolute atomic E-state index is 0.0713. The maximum absolute atomic E-state index is 6.46. The number of nitrogens with zero attached hydrogens (tertiary/aromatic N) is 3. The van der Waals surface area contributed by atoms with Crippen LogP contribution in [0.3, 0.4) is 0 Å². The summed E-state index contributed by atoms with van der Waals surface area (Å²) < 4.78 is 21.1. The van der Waals surface area contributed by atoms with Gasteiger partial charge < -0.3 is 25.4 Å². The molecule has 194 valence electrons. The number of benzene rings is 1. The number of hydrogen-bond donors (Lipinski definition) is 2. The van der Waals surface area contributed by atoms with E-state index in [4.69, 9.17) is 19.6 Å². The SMILES string of the molecule is COCCCO[C@@H](c1ccccc1)[C@@H]1CCCN(c2nsnc2N[C@H](CN)CC2CCCCC2)C1. The number of rotatable bonds is 13. The number of anilines is 2. The zero-order valence-corrected chi connectivity index (χ0v) is 22.1. The summed E-state index contributed by atoms with van der Waals surface area (Å²) in [5.41, 5.74) is 7.43. The van der Waals surface area contributed by atoms with E-state index < -0.39 is 0 Å². The molecule has 2 heterocycles. The van der Waals surface area contributed by atoms with Crippen molar-refractivity contribution >= 4 is 23.4 Å². The highest BCUT2D eigenvalue weighted by Gasteiger charge is 2.31. The molecule has 0 amide bonds. The molecule has 2 aromatic rings. The first kappa shape index (κ1) is 26.3. The van der Waals surface area contributed by atoms with Gasteiger partial charge in [-0.25, -0.2) is 0 Å². The summed E-state index contributed by atoms with van der Waals surface area (Å²) in [4.78, 5) is 2.41. The van der Waals surface area contributed by atoms with Crippen LogP contribution in [0.4, 0.5) is 11.6 Å². The van der Waals surface area contributed by atoms with Gasteiger partial charge in [-0.3, -0.25) is 0 Å². The first-order chi connectivity index (χ1) is 17.3. The van der Waals surface area contributed by atoms with Gasteiger partial charge in [-0.05, 0) is 37.2 Å². The Morgan fingerprint density at radius 2 is 1.91 bits per heavy atom. The average Bonchev–Trinajstić information content (AvgIpc) is 3.38. The number of piperidine rings is 1. The van der Waals surface area contributed by atoms with Gasteiger partial charge in [-0.2, -0.15) is 8.75 Å². The third-order valence-corrected chi connectivity index (χ3v) is 8.06. The smallest absolute Gasteiger partial charge is 0.186 e. The van der Waals surface area contributed by atoms with Crippen LogP contribution in [0.15, 0.2) is 30.3 Å². The van der Waals surface area contributed by atoms with Crippen molar-refractivity contribution in [1.82, 2.24) is 8.75 Å². The average molecular weight is 502 g/mol. The van der Waals surface area contributed by atoms with Crippen molar-refractivity contribution in [2.45, 2.75) is 69.9 Å². The van der Waals surface area contributed by atoms with Crippen LogP contribution < -0.4 is 16.0 Å². The number of aromatic nitrogens is 2. The van der Waals surface area contributed by atoms with Crippen LogP contribution in [-0.4, -0.2) is 54.7 Å². The van der Waals surface area contributed by atoms with Gasteiger partial charge in [0.05, 0.1) is 17.8 Å². The van der Waals surface area contributed by atoms with Crippen LogP contribution >= 0.6 is 11.7 Å². The number of nitrogens with two attached hydrogens (primary N) is 1. The summed E-state index contributed by atoms with van der Waals surface area (Å²) >= 11 is 1.29. The molecular weight excluding hydrogens is 458 g/mol. The highest BCUT2D eigenvalue weighted by molar-refractivity contribution is 6.99. The molecule has 3 atom stereocenters. The van der Waals surface area contributed by atoms with E-state index in [0.717, 1.165) is 62.9 Å². The molecule has 0 radical (unpaired) electrons. The quantitative estimate of drug-likeness (QED) is 0.362. The molecule has 1 aromatic carbocycles. The third kappa shape index (κ3) is 7.62. The normalized spacial score (nSPS) is 21.1. The monoisotopic (exact) mass is 501 g/mol. The summed E-state index contributed by atoms with van der Waals surface area (Å²) in [5, 5.41) is 3.67. The van der Waals surface area contributed by atoms with Gasteiger partial charge in [-0.15, -0.1) is 0 Å². The van der Waals surface area contributed by atoms with Crippen LogP contribution in [0.1, 0.15) is 69.5 Å². The van der Waals surface area contributed by atoms with Crippen molar-refractivity contribution in [3.8, 4) is 0 Å². The minimum atomic E-state index is 0.0713. The molecule has 35 heavy (non-hydrogen) atoms.